The van der Waals surface area contributed by atoms with Gasteiger partial charge in [-0.1, -0.05) is 23.7 Å². The van der Waals surface area contributed by atoms with E-state index in [-0.39, 0.29) is 16.2 Å². The molecule has 22 heavy (non-hydrogen) atoms. The molecule has 0 N–H and O–H groups in total. The standard InChI is InChI=1S/C14H17ClN2O4S/c1-2-17(9-10-4-3-7-20-10)22(18,19)11-5-6-13-12(8-11)14(15)16-21-13/h5-6,8,10H,2-4,7,9H2,1H3/t10-/m0/s1. The van der Waals surface area contributed by atoms with Crippen LogP contribution in [0.1, 0.15) is 19.8 Å². The summed E-state index contributed by atoms with van der Waals surface area (Å²) >= 11 is 5.91. The Balaban J connectivity index is 1.92. The SMILES string of the molecule is CCN(C[C@@H]1CCCO1)S(=O)(=O)c1ccc2onc(Cl)c2c1. The van der Waals surface area contributed by atoms with Crippen LogP contribution in [-0.2, 0) is 14.8 Å². The molecule has 3 rings (SSSR count). The summed E-state index contributed by atoms with van der Waals surface area (Å²) in [6, 6.07) is 4.58. The van der Waals surface area contributed by atoms with Crippen molar-refractivity contribution in [1.82, 2.24) is 9.46 Å². The first-order valence-corrected chi connectivity index (χ1v) is 9.01. The molecule has 8 heteroatoms. The second-order valence-electron chi connectivity index (χ2n) is 5.22. The van der Waals surface area contributed by atoms with Gasteiger partial charge >= 0.3 is 0 Å². The third kappa shape index (κ3) is 2.86. The minimum absolute atomic E-state index is 0.0300. The fourth-order valence-electron chi connectivity index (χ4n) is 2.61. The minimum atomic E-state index is -3.60. The molecular formula is C14H17ClN2O4S. The van der Waals surface area contributed by atoms with Crippen molar-refractivity contribution in [2.75, 3.05) is 19.7 Å². The van der Waals surface area contributed by atoms with E-state index in [0.717, 1.165) is 12.8 Å². The predicted molar refractivity (Wildman–Crippen MR) is 82.4 cm³/mol. The molecule has 0 aliphatic carbocycles. The smallest absolute Gasteiger partial charge is 0.243 e. The zero-order valence-electron chi connectivity index (χ0n) is 12.2. The quantitative estimate of drug-likeness (QED) is 0.833. The molecule has 0 saturated carbocycles. The van der Waals surface area contributed by atoms with Crippen molar-refractivity contribution in [2.45, 2.75) is 30.8 Å². The van der Waals surface area contributed by atoms with Crippen LogP contribution < -0.4 is 0 Å². The molecule has 0 radical (unpaired) electrons. The second kappa shape index (κ2) is 6.16. The Kier molecular flexibility index (Phi) is 4.40. The van der Waals surface area contributed by atoms with Gasteiger partial charge in [0, 0.05) is 19.7 Å². The number of aromatic nitrogens is 1. The Morgan fingerprint density at radius 3 is 2.95 bits per heavy atom. The average Bonchev–Trinajstić information content (AvgIpc) is 3.14. The Morgan fingerprint density at radius 2 is 2.27 bits per heavy atom. The maximum absolute atomic E-state index is 12.8. The van der Waals surface area contributed by atoms with Crippen molar-refractivity contribution in [1.29, 1.82) is 0 Å². The van der Waals surface area contributed by atoms with Crippen molar-refractivity contribution in [3.63, 3.8) is 0 Å². The molecule has 1 atom stereocenters. The molecule has 0 bridgehead atoms. The van der Waals surface area contributed by atoms with Gasteiger partial charge in [0.25, 0.3) is 0 Å². The number of ether oxygens (including phenoxy) is 1. The molecular weight excluding hydrogens is 328 g/mol. The number of nitrogens with zero attached hydrogens (tertiary/aromatic N) is 2. The number of rotatable bonds is 5. The van der Waals surface area contributed by atoms with Crippen molar-refractivity contribution < 1.29 is 17.7 Å². The molecule has 2 heterocycles. The Hall–Kier alpha value is -1.15. The Morgan fingerprint density at radius 1 is 1.45 bits per heavy atom. The van der Waals surface area contributed by atoms with E-state index in [1.807, 2.05) is 6.92 Å². The van der Waals surface area contributed by atoms with E-state index >= 15 is 0 Å². The lowest BCUT2D eigenvalue weighted by Crippen LogP contribution is -2.37. The van der Waals surface area contributed by atoms with Gasteiger partial charge in [-0.3, -0.25) is 0 Å². The minimum Gasteiger partial charge on any atom is -0.377 e. The summed E-state index contributed by atoms with van der Waals surface area (Å²) in [5, 5.41) is 4.29. The van der Waals surface area contributed by atoms with Gasteiger partial charge in [-0.15, -0.1) is 0 Å². The van der Waals surface area contributed by atoms with Gasteiger partial charge in [0.05, 0.1) is 16.4 Å². The van der Waals surface area contributed by atoms with Crippen LogP contribution in [0.5, 0.6) is 0 Å². The van der Waals surface area contributed by atoms with E-state index in [9.17, 15) is 8.42 Å². The summed E-state index contributed by atoms with van der Waals surface area (Å²) < 4.78 is 37.6. The Bertz CT molecular complexity index is 768. The van der Waals surface area contributed by atoms with Gasteiger partial charge in [-0.25, -0.2) is 8.42 Å². The summed E-state index contributed by atoms with van der Waals surface area (Å²) in [7, 11) is -3.60. The van der Waals surface area contributed by atoms with Crippen LogP contribution in [0.3, 0.4) is 0 Å². The van der Waals surface area contributed by atoms with Gasteiger partial charge in [-0.05, 0) is 31.0 Å². The molecule has 0 spiro atoms. The number of fused-ring (bicyclic) bond motifs is 1. The van der Waals surface area contributed by atoms with Gasteiger partial charge in [0.2, 0.25) is 10.0 Å². The maximum Gasteiger partial charge on any atom is 0.243 e. The van der Waals surface area contributed by atoms with Crippen LogP contribution in [0.25, 0.3) is 11.0 Å². The maximum atomic E-state index is 12.8. The van der Waals surface area contributed by atoms with Gasteiger partial charge in [-0.2, -0.15) is 4.31 Å². The highest BCUT2D eigenvalue weighted by Crippen LogP contribution is 2.27. The largest absolute Gasteiger partial charge is 0.377 e. The van der Waals surface area contributed by atoms with E-state index in [1.165, 1.54) is 16.4 Å². The highest BCUT2D eigenvalue weighted by molar-refractivity contribution is 7.89. The lowest BCUT2D eigenvalue weighted by atomic mass is 10.2. The van der Waals surface area contributed by atoms with Crippen molar-refractivity contribution >= 4 is 32.6 Å². The number of likely N-dealkylation sites (N-methyl/N-ethyl adjacent to an activating group) is 1. The Labute approximate surface area is 134 Å². The van der Waals surface area contributed by atoms with E-state index < -0.39 is 10.0 Å². The van der Waals surface area contributed by atoms with Crippen LogP contribution in [-0.4, -0.2) is 43.7 Å². The molecule has 0 amide bonds. The lowest BCUT2D eigenvalue weighted by Gasteiger charge is -2.23. The number of hydrogen-bond acceptors (Lipinski definition) is 5. The summed E-state index contributed by atoms with van der Waals surface area (Å²) in [6.07, 6.45) is 1.84. The molecule has 1 fully saturated rings. The first-order valence-electron chi connectivity index (χ1n) is 7.19. The number of halogens is 1. The first kappa shape index (κ1) is 15.7. The van der Waals surface area contributed by atoms with Crippen LogP contribution in [0.15, 0.2) is 27.6 Å². The third-order valence-electron chi connectivity index (χ3n) is 3.82. The lowest BCUT2D eigenvalue weighted by molar-refractivity contribution is 0.0947. The van der Waals surface area contributed by atoms with E-state index in [4.69, 9.17) is 20.9 Å². The van der Waals surface area contributed by atoms with E-state index in [1.54, 1.807) is 6.07 Å². The van der Waals surface area contributed by atoms with E-state index in [2.05, 4.69) is 5.16 Å². The molecule has 1 aromatic carbocycles. The third-order valence-corrected chi connectivity index (χ3v) is 6.03. The topological polar surface area (TPSA) is 72.6 Å². The summed E-state index contributed by atoms with van der Waals surface area (Å²) in [5.74, 6) is 0. The fourth-order valence-corrected chi connectivity index (χ4v) is 4.30. The van der Waals surface area contributed by atoms with Crippen molar-refractivity contribution in [3.05, 3.63) is 23.4 Å². The van der Waals surface area contributed by atoms with Gasteiger partial charge < -0.3 is 9.26 Å². The number of benzene rings is 1. The zero-order chi connectivity index (χ0) is 15.7. The molecule has 1 saturated heterocycles. The molecule has 1 aromatic heterocycles. The summed E-state index contributed by atoms with van der Waals surface area (Å²) in [6.45, 7) is 3.27. The van der Waals surface area contributed by atoms with Crippen molar-refractivity contribution in [2.24, 2.45) is 0 Å². The van der Waals surface area contributed by atoms with Crippen molar-refractivity contribution in [3.8, 4) is 0 Å². The van der Waals surface area contributed by atoms with Crippen LogP contribution in [0.4, 0.5) is 0 Å². The van der Waals surface area contributed by atoms with Gasteiger partial charge in [0.1, 0.15) is 0 Å². The average molecular weight is 345 g/mol. The highest BCUT2D eigenvalue weighted by Gasteiger charge is 2.28. The molecule has 1 aliphatic heterocycles. The monoisotopic (exact) mass is 344 g/mol. The van der Waals surface area contributed by atoms with E-state index in [0.29, 0.717) is 30.7 Å². The zero-order valence-corrected chi connectivity index (χ0v) is 13.7. The summed E-state index contributed by atoms with van der Waals surface area (Å²) in [4.78, 5) is 0.185. The first-order chi connectivity index (χ1) is 10.5. The van der Waals surface area contributed by atoms with Crippen LogP contribution in [0.2, 0.25) is 5.15 Å². The fraction of sp³-hybridized carbons (Fsp3) is 0.500. The molecule has 120 valence electrons. The van der Waals surface area contributed by atoms with Gasteiger partial charge in [0.15, 0.2) is 10.7 Å². The summed E-state index contributed by atoms with van der Waals surface area (Å²) in [5.41, 5.74) is 0.464. The number of hydrogen-bond donors (Lipinski definition) is 0. The molecule has 0 unspecified atom stereocenters. The van der Waals surface area contributed by atoms with Crippen LogP contribution >= 0.6 is 11.6 Å². The highest BCUT2D eigenvalue weighted by atomic mass is 35.5. The molecule has 2 aromatic rings. The molecule has 1 aliphatic rings. The predicted octanol–water partition coefficient (Wildman–Crippen LogP) is 2.67. The second-order valence-corrected chi connectivity index (χ2v) is 7.52. The van der Waals surface area contributed by atoms with Crippen LogP contribution in [0, 0.1) is 0 Å². The molecule has 6 nitrogen and oxygen atoms in total. The number of sulfonamides is 1. The normalized spacial score (nSPS) is 19.3.